The fraction of sp³-hybridized carbons (Fsp3) is 0.455. The highest BCUT2D eigenvalue weighted by Crippen LogP contribution is 2.30. The highest BCUT2D eigenvalue weighted by Gasteiger charge is 2.22. The van der Waals surface area contributed by atoms with Crippen LogP contribution in [0.25, 0.3) is 0 Å². The Bertz CT molecular complexity index is 362. The van der Waals surface area contributed by atoms with E-state index < -0.39 is 0 Å². The van der Waals surface area contributed by atoms with Gasteiger partial charge in [-0.2, -0.15) is 0 Å². The molecule has 0 aromatic heterocycles. The Morgan fingerprint density at radius 1 is 1.40 bits per heavy atom. The summed E-state index contributed by atoms with van der Waals surface area (Å²) in [5.41, 5.74) is 1.85. The molecule has 2 rings (SSSR count). The molecular weight excluding hydrogens is 263 g/mol. The quantitative estimate of drug-likeness (QED) is 0.825. The van der Waals surface area contributed by atoms with Crippen LogP contribution < -0.4 is 0 Å². The lowest BCUT2D eigenvalue weighted by Crippen LogP contribution is -2.03. The van der Waals surface area contributed by atoms with Crippen LogP contribution >= 0.6 is 15.9 Å². The number of aryl methyl sites for hydroxylation is 1. The van der Waals surface area contributed by atoms with Gasteiger partial charge in [-0.15, -0.1) is 0 Å². The first-order valence-corrected chi connectivity index (χ1v) is 5.72. The second kappa shape index (κ2) is 4.60. The third kappa shape index (κ3) is 2.22. The van der Waals surface area contributed by atoms with E-state index in [2.05, 4.69) is 15.9 Å². The van der Waals surface area contributed by atoms with Gasteiger partial charge in [0.2, 0.25) is 0 Å². The standard InChI is InChI=1S/C11H12BrFO2/c1-2-7-5-10(13)9(12)6-8(7)11-14-3-4-15-11/h5-6,11H,2-4H2,1H3. The Kier molecular flexibility index (Phi) is 3.38. The Morgan fingerprint density at radius 2 is 2.07 bits per heavy atom. The van der Waals surface area contributed by atoms with Crippen molar-refractivity contribution in [2.24, 2.45) is 0 Å². The summed E-state index contributed by atoms with van der Waals surface area (Å²) in [6.07, 6.45) is 0.430. The van der Waals surface area contributed by atoms with Crippen LogP contribution in [0.4, 0.5) is 4.39 Å². The number of halogens is 2. The van der Waals surface area contributed by atoms with Crippen LogP contribution in [-0.4, -0.2) is 13.2 Å². The van der Waals surface area contributed by atoms with Crippen molar-refractivity contribution >= 4 is 15.9 Å². The molecule has 0 amide bonds. The van der Waals surface area contributed by atoms with Crippen LogP contribution in [0.3, 0.4) is 0 Å². The first kappa shape index (κ1) is 11.0. The van der Waals surface area contributed by atoms with Crippen molar-refractivity contribution in [1.82, 2.24) is 0 Å². The van der Waals surface area contributed by atoms with Gasteiger partial charge >= 0.3 is 0 Å². The van der Waals surface area contributed by atoms with Gasteiger partial charge in [-0.25, -0.2) is 4.39 Å². The zero-order chi connectivity index (χ0) is 10.8. The first-order valence-electron chi connectivity index (χ1n) is 4.93. The van der Waals surface area contributed by atoms with E-state index in [4.69, 9.17) is 9.47 Å². The number of benzene rings is 1. The molecule has 0 N–H and O–H groups in total. The molecular formula is C11H12BrFO2. The second-order valence-corrected chi connectivity index (χ2v) is 4.25. The molecule has 1 fully saturated rings. The molecule has 1 aromatic carbocycles. The van der Waals surface area contributed by atoms with Crippen molar-refractivity contribution in [3.63, 3.8) is 0 Å². The molecule has 0 bridgehead atoms. The summed E-state index contributed by atoms with van der Waals surface area (Å²) in [6, 6.07) is 3.27. The van der Waals surface area contributed by atoms with E-state index in [1.807, 2.05) is 6.92 Å². The fourth-order valence-corrected chi connectivity index (χ4v) is 2.03. The summed E-state index contributed by atoms with van der Waals surface area (Å²) < 4.78 is 24.6. The minimum Gasteiger partial charge on any atom is -0.346 e. The lowest BCUT2D eigenvalue weighted by molar-refractivity contribution is -0.0447. The molecule has 0 aliphatic carbocycles. The fourth-order valence-electron chi connectivity index (χ4n) is 1.67. The molecule has 2 nitrogen and oxygen atoms in total. The zero-order valence-electron chi connectivity index (χ0n) is 8.43. The molecule has 15 heavy (non-hydrogen) atoms. The topological polar surface area (TPSA) is 18.5 Å². The van der Waals surface area contributed by atoms with Gasteiger partial charge in [0, 0.05) is 5.56 Å². The maximum Gasteiger partial charge on any atom is 0.184 e. The Morgan fingerprint density at radius 3 is 2.67 bits per heavy atom. The van der Waals surface area contributed by atoms with E-state index in [1.54, 1.807) is 6.07 Å². The van der Waals surface area contributed by atoms with Crippen LogP contribution in [0, 0.1) is 5.82 Å². The van der Waals surface area contributed by atoms with Crippen LogP contribution in [0.1, 0.15) is 24.3 Å². The zero-order valence-corrected chi connectivity index (χ0v) is 10.0. The number of hydrogen-bond acceptors (Lipinski definition) is 2. The van der Waals surface area contributed by atoms with Crippen LogP contribution in [0.2, 0.25) is 0 Å². The van der Waals surface area contributed by atoms with Crippen molar-refractivity contribution in [3.05, 3.63) is 33.5 Å². The second-order valence-electron chi connectivity index (χ2n) is 3.39. The predicted molar refractivity (Wildman–Crippen MR) is 58.1 cm³/mol. The summed E-state index contributed by atoms with van der Waals surface area (Å²) in [5.74, 6) is -0.242. The molecule has 0 radical (unpaired) electrons. The summed E-state index contributed by atoms with van der Waals surface area (Å²) >= 11 is 3.17. The van der Waals surface area contributed by atoms with Gasteiger partial charge in [0.05, 0.1) is 17.7 Å². The first-order chi connectivity index (χ1) is 7.22. The van der Waals surface area contributed by atoms with E-state index >= 15 is 0 Å². The van der Waals surface area contributed by atoms with Gasteiger partial charge in [-0.05, 0) is 40.0 Å². The minimum absolute atomic E-state index is 0.242. The van der Waals surface area contributed by atoms with Gasteiger partial charge < -0.3 is 9.47 Å². The van der Waals surface area contributed by atoms with Crippen LogP contribution in [0.5, 0.6) is 0 Å². The van der Waals surface area contributed by atoms with Crippen LogP contribution in [0.15, 0.2) is 16.6 Å². The Hall–Kier alpha value is -0.450. The maximum absolute atomic E-state index is 13.3. The normalized spacial score (nSPS) is 17.3. The van der Waals surface area contributed by atoms with Crippen molar-refractivity contribution in [3.8, 4) is 0 Å². The van der Waals surface area contributed by atoms with Crippen molar-refractivity contribution < 1.29 is 13.9 Å². The highest BCUT2D eigenvalue weighted by atomic mass is 79.9. The molecule has 0 unspecified atom stereocenters. The molecule has 0 atom stereocenters. The molecule has 82 valence electrons. The van der Waals surface area contributed by atoms with E-state index in [1.165, 1.54) is 6.07 Å². The largest absolute Gasteiger partial charge is 0.346 e. The summed E-state index contributed by atoms with van der Waals surface area (Å²) in [4.78, 5) is 0. The van der Waals surface area contributed by atoms with Gasteiger partial charge in [0.15, 0.2) is 6.29 Å². The summed E-state index contributed by atoms with van der Waals surface area (Å²) in [6.45, 7) is 3.19. The highest BCUT2D eigenvalue weighted by molar-refractivity contribution is 9.10. The lowest BCUT2D eigenvalue weighted by Gasteiger charge is -2.14. The number of rotatable bonds is 2. The third-order valence-corrected chi connectivity index (χ3v) is 3.05. The van der Waals surface area contributed by atoms with Crippen molar-refractivity contribution in [1.29, 1.82) is 0 Å². The van der Waals surface area contributed by atoms with Gasteiger partial charge in [0.1, 0.15) is 5.82 Å². The average Bonchev–Trinajstić information content (AvgIpc) is 2.74. The molecule has 1 aromatic rings. The van der Waals surface area contributed by atoms with Gasteiger partial charge in [-0.1, -0.05) is 6.92 Å². The number of hydrogen-bond donors (Lipinski definition) is 0. The Labute approximate surface area is 96.5 Å². The SMILES string of the molecule is CCc1cc(F)c(Br)cc1C1OCCO1. The molecule has 0 saturated carbocycles. The van der Waals surface area contributed by atoms with E-state index in [0.29, 0.717) is 17.7 Å². The van der Waals surface area contributed by atoms with Crippen LogP contribution in [-0.2, 0) is 15.9 Å². The summed E-state index contributed by atoms with van der Waals surface area (Å²) in [5, 5.41) is 0. The van der Waals surface area contributed by atoms with Crippen molar-refractivity contribution in [2.45, 2.75) is 19.6 Å². The van der Waals surface area contributed by atoms with E-state index in [0.717, 1.165) is 17.5 Å². The lowest BCUT2D eigenvalue weighted by atomic mass is 10.0. The predicted octanol–water partition coefficient (Wildman–Crippen LogP) is 3.20. The van der Waals surface area contributed by atoms with Gasteiger partial charge in [0.25, 0.3) is 0 Å². The smallest absolute Gasteiger partial charge is 0.184 e. The molecule has 1 saturated heterocycles. The molecule has 1 aliphatic heterocycles. The van der Waals surface area contributed by atoms with Crippen molar-refractivity contribution in [2.75, 3.05) is 13.2 Å². The summed E-state index contributed by atoms with van der Waals surface area (Å²) in [7, 11) is 0. The molecule has 1 heterocycles. The number of ether oxygens (including phenoxy) is 2. The average molecular weight is 275 g/mol. The Balaban J connectivity index is 2.39. The third-order valence-electron chi connectivity index (χ3n) is 2.44. The van der Waals surface area contributed by atoms with Gasteiger partial charge in [-0.3, -0.25) is 0 Å². The molecule has 1 aliphatic rings. The monoisotopic (exact) mass is 274 g/mol. The molecule has 4 heteroatoms. The molecule has 0 spiro atoms. The van der Waals surface area contributed by atoms with E-state index in [-0.39, 0.29) is 12.1 Å². The van der Waals surface area contributed by atoms with E-state index in [9.17, 15) is 4.39 Å². The minimum atomic E-state index is -0.336. The maximum atomic E-state index is 13.3.